The first-order chi connectivity index (χ1) is 11.2. The van der Waals surface area contributed by atoms with Crippen molar-refractivity contribution in [1.29, 1.82) is 0 Å². The summed E-state index contributed by atoms with van der Waals surface area (Å²) >= 11 is 0. The maximum absolute atomic E-state index is 12.0. The number of nitrogens with one attached hydrogen (secondary N) is 1. The van der Waals surface area contributed by atoms with Gasteiger partial charge in [-0.05, 0) is 37.1 Å². The molecule has 2 aromatic rings. The van der Waals surface area contributed by atoms with E-state index in [4.69, 9.17) is 0 Å². The Morgan fingerprint density at radius 1 is 1.13 bits per heavy atom. The van der Waals surface area contributed by atoms with Crippen LogP contribution in [0, 0.1) is 0 Å². The van der Waals surface area contributed by atoms with E-state index < -0.39 is 5.60 Å². The van der Waals surface area contributed by atoms with Gasteiger partial charge in [-0.1, -0.05) is 12.1 Å². The van der Waals surface area contributed by atoms with Crippen molar-refractivity contribution in [3.63, 3.8) is 0 Å². The molecule has 1 aliphatic rings. The van der Waals surface area contributed by atoms with Gasteiger partial charge < -0.3 is 10.4 Å². The molecule has 1 amide bonds. The van der Waals surface area contributed by atoms with Crippen LogP contribution >= 0.6 is 0 Å². The van der Waals surface area contributed by atoms with Crippen LogP contribution in [0.1, 0.15) is 18.5 Å². The van der Waals surface area contributed by atoms with Crippen molar-refractivity contribution < 1.29 is 9.90 Å². The van der Waals surface area contributed by atoms with Crippen LogP contribution in [0.5, 0.6) is 0 Å². The lowest BCUT2D eigenvalue weighted by atomic mass is 9.88. The van der Waals surface area contributed by atoms with Crippen molar-refractivity contribution in [2.45, 2.75) is 18.4 Å². The van der Waals surface area contributed by atoms with Crippen LogP contribution in [-0.4, -0.2) is 45.5 Å². The minimum Gasteiger partial charge on any atom is -0.383 e. The van der Waals surface area contributed by atoms with E-state index in [0.29, 0.717) is 44.0 Å². The quantitative estimate of drug-likeness (QED) is 0.892. The lowest BCUT2D eigenvalue weighted by molar-refractivity contribution is -0.118. The number of anilines is 1. The lowest BCUT2D eigenvalue weighted by Gasteiger charge is -2.37. The molecule has 0 atom stereocenters. The van der Waals surface area contributed by atoms with Gasteiger partial charge in [-0.3, -0.25) is 14.7 Å². The lowest BCUT2D eigenvalue weighted by Crippen LogP contribution is -2.45. The summed E-state index contributed by atoms with van der Waals surface area (Å²) in [6, 6.07) is 11.0. The Labute approximate surface area is 135 Å². The zero-order valence-corrected chi connectivity index (χ0v) is 12.9. The third-order valence-corrected chi connectivity index (χ3v) is 4.12. The molecule has 1 saturated heterocycles. The van der Waals surface area contributed by atoms with Crippen molar-refractivity contribution in [1.82, 2.24) is 14.9 Å². The van der Waals surface area contributed by atoms with Crippen molar-refractivity contribution in [3.05, 3.63) is 54.5 Å². The number of nitrogens with zero attached hydrogens (tertiary/aromatic N) is 3. The molecule has 0 aromatic carbocycles. The Morgan fingerprint density at radius 3 is 2.43 bits per heavy atom. The van der Waals surface area contributed by atoms with E-state index in [0.717, 1.165) is 0 Å². The molecule has 6 heteroatoms. The maximum atomic E-state index is 12.0. The van der Waals surface area contributed by atoms with Crippen LogP contribution in [0.2, 0.25) is 0 Å². The molecule has 2 aromatic heterocycles. The monoisotopic (exact) mass is 312 g/mol. The highest BCUT2D eigenvalue weighted by Gasteiger charge is 2.35. The van der Waals surface area contributed by atoms with E-state index in [-0.39, 0.29) is 5.91 Å². The van der Waals surface area contributed by atoms with Gasteiger partial charge in [0.1, 0.15) is 11.4 Å². The van der Waals surface area contributed by atoms with Gasteiger partial charge in [0.25, 0.3) is 0 Å². The number of rotatable bonds is 4. The van der Waals surface area contributed by atoms with Gasteiger partial charge in [-0.2, -0.15) is 0 Å². The Morgan fingerprint density at radius 2 is 1.83 bits per heavy atom. The summed E-state index contributed by atoms with van der Waals surface area (Å²) in [4.78, 5) is 22.4. The molecule has 23 heavy (non-hydrogen) atoms. The molecule has 0 bridgehead atoms. The molecule has 120 valence electrons. The van der Waals surface area contributed by atoms with Crippen molar-refractivity contribution in [2.75, 3.05) is 25.0 Å². The van der Waals surface area contributed by atoms with Crippen LogP contribution < -0.4 is 5.32 Å². The third-order valence-electron chi connectivity index (χ3n) is 4.12. The van der Waals surface area contributed by atoms with E-state index in [2.05, 4.69) is 15.3 Å². The Kier molecular flexibility index (Phi) is 4.64. The number of hydrogen-bond donors (Lipinski definition) is 2. The smallest absolute Gasteiger partial charge is 0.239 e. The number of likely N-dealkylation sites (tertiary alicyclic amines) is 1. The fraction of sp³-hybridized carbons (Fsp3) is 0.353. The van der Waals surface area contributed by atoms with Gasteiger partial charge in [-0.25, -0.2) is 4.98 Å². The van der Waals surface area contributed by atoms with Crippen molar-refractivity contribution >= 4 is 11.7 Å². The van der Waals surface area contributed by atoms with Gasteiger partial charge in [0.05, 0.1) is 12.2 Å². The van der Waals surface area contributed by atoms with E-state index in [9.17, 15) is 9.90 Å². The summed E-state index contributed by atoms with van der Waals surface area (Å²) in [5.74, 6) is 0.464. The summed E-state index contributed by atoms with van der Waals surface area (Å²) in [7, 11) is 0. The Hall–Kier alpha value is -2.31. The van der Waals surface area contributed by atoms with Gasteiger partial charge in [0, 0.05) is 25.5 Å². The second kappa shape index (κ2) is 6.85. The molecule has 3 heterocycles. The molecule has 1 fully saturated rings. The van der Waals surface area contributed by atoms with E-state index in [1.165, 1.54) is 0 Å². The van der Waals surface area contributed by atoms with E-state index >= 15 is 0 Å². The van der Waals surface area contributed by atoms with Crippen LogP contribution in [-0.2, 0) is 10.4 Å². The average molecular weight is 312 g/mol. The third kappa shape index (κ3) is 3.91. The van der Waals surface area contributed by atoms with Crippen LogP contribution in [0.3, 0.4) is 0 Å². The largest absolute Gasteiger partial charge is 0.383 e. The highest BCUT2D eigenvalue weighted by atomic mass is 16.3. The maximum Gasteiger partial charge on any atom is 0.239 e. The topological polar surface area (TPSA) is 78.4 Å². The Bertz CT molecular complexity index is 640. The average Bonchev–Trinajstić information content (AvgIpc) is 2.59. The first-order valence-electron chi connectivity index (χ1n) is 7.73. The second-order valence-electron chi connectivity index (χ2n) is 5.79. The number of hydrogen-bond acceptors (Lipinski definition) is 5. The predicted molar refractivity (Wildman–Crippen MR) is 86.7 cm³/mol. The van der Waals surface area contributed by atoms with Gasteiger partial charge in [-0.15, -0.1) is 0 Å². The summed E-state index contributed by atoms with van der Waals surface area (Å²) < 4.78 is 0. The molecule has 0 radical (unpaired) electrons. The number of amides is 1. The molecule has 2 N–H and O–H groups in total. The fourth-order valence-corrected chi connectivity index (χ4v) is 2.80. The van der Waals surface area contributed by atoms with Crippen LogP contribution in [0.25, 0.3) is 0 Å². The minimum absolute atomic E-state index is 0.0908. The minimum atomic E-state index is -0.894. The first kappa shape index (κ1) is 15.6. The molecule has 0 unspecified atom stereocenters. The molecular formula is C17H20N4O2. The summed E-state index contributed by atoms with van der Waals surface area (Å²) in [6.45, 7) is 1.61. The van der Waals surface area contributed by atoms with Crippen molar-refractivity contribution in [2.24, 2.45) is 0 Å². The predicted octanol–water partition coefficient (Wildman–Crippen LogP) is 1.40. The molecule has 3 rings (SSSR count). The van der Waals surface area contributed by atoms with Gasteiger partial charge in [0.15, 0.2) is 0 Å². The van der Waals surface area contributed by atoms with Crippen LogP contribution in [0.4, 0.5) is 5.82 Å². The van der Waals surface area contributed by atoms with Gasteiger partial charge >= 0.3 is 0 Å². The summed E-state index contributed by atoms with van der Waals surface area (Å²) in [6.07, 6.45) is 4.48. The van der Waals surface area contributed by atoms with Crippen LogP contribution in [0.15, 0.2) is 48.8 Å². The zero-order chi connectivity index (χ0) is 16.1. The fourth-order valence-electron chi connectivity index (χ4n) is 2.80. The van der Waals surface area contributed by atoms with Gasteiger partial charge in [0.2, 0.25) is 5.91 Å². The number of carbonyl (C=O) groups is 1. The first-order valence-corrected chi connectivity index (χ1v) is 7.73. The summed E-state index contributed by atoms with van der Waals surface area (Å²) in [5.41, 5.74) is -0.188. The molecule has 0 aliphatic carbocycles. The standard InChI is InChI=1S/C17H20N4O2/c22-16(20-15-6-2-4-10-19-15)13-21-11-7-17(23,8-12-21)14-5-1-3-9-18-14/h1-6,9-10,23H,7-8,11-13H2,(H,19,20,22). The SMILES string of the molecule is O=C(CN1CCC(O)(c2ccccn2)CC1)Nc1ccccn1. The molecular weight excluding hydrogens is 292 g/mol. The van der Waals surface area contributed by atoms with E-state index in [1.807, 2.05) is 29.2 Å². The molecule has 0 saturated carbocycles. The number of pyridine rings is 2. The summed E-state index contributed by atoms with van der Waals surface area (Å²) in [5, 5.41) is 13.5. The number of carbonyl (C=O) groups excluding carboxylic acids is 1. The molecule has 6 nitrogen and oxygen atoms in total. The highest BCUT2D eigenvalue weighted by molar-refractivity contribution is 5.91. The number of aromatic nitrogens is 2. The van der Waals surface area contributed by atoms with E-state index in [1.54, 1.807) is 24.5 Å². The molecule has 0 spiro atoms. The second-order valence-corrected chi connectivity index (χ2v) is 5.79. The zero-order valence-electron chi connectivity index (χ0n) is 12.9. The van der Waals surface area contributed by atoms with Crippen molar-refractivity contribution in [3.8, 4) is 0 Å². The Balaban J connectivity index is 1.52. The molecule has 1 aliphatic heterocycles. The highest BCUT2D eigenvalue weighted by Crippen LogP contribution is 2.31. The number of aliphatic hydroxyl groups is 1. The number of piperidine rings is 1. The normalized spacial score (nSPS) is 17.6.